The number of rotatable bonds is 14. The van der Waals surface area contributed by atoms with Gasteiger partial charge in [0.25, 0.3) is 0 Å². The number of carbonyl (C=O) groups excluding carboxylic acids is 6. The van der Waals surface area contributed by atoms with E-state index >= 15 is 0 Å². The summed E-state index contributed by atoms with van der Waals surface area (Å²) in [6.45, 7) is 31.0. The number of hydrogen-bond acceptors (Lipinski definition) is 14. The number of hydrogen-bond donors (Lipinski definition) is 1. The van der Waals surface area contributed by atoms with E-state index in [1.165, 1.54) is 51.4 Å². The summed E-state index contributed by atoms with van der Waals surface area (Å²) in [6.07, 6.45) is 23.1. The van der Waals surface area contributed by atoms with E-state index in [0.717, 1.165) is 101 Å². The van der Waals surface area contributed by atoms with Crippen LogP contribution in [0.3, 0.4) is 0 Å². The molecule has 0 aromatic rings. The molecular weight excluding hydrogens is 981 g/mol. The Morgan fingerprint density at radius 3 is 1.69 bits per heavy atom. The predicted molar refractivity (Wildman–Crippen MR) is 290 cm³/mol. The fourth-order valence-corrected chi connectivity index (χ4v) is 15.7. The van der Waals surface area contributed by atoms with Crippen molar-refractivity contribution in [1.29, 1.82) is 0 Å². The molecule has 12 atom stereocenters. The second-order valence-electron chi connectivity index (χ2n) is 25.6. The van der Waals surface area contributed by atoms with E-state index in [4.69, 9.17) is 33.2 Å². The number of aliphatic hydroxyl groups is 1. The first-order chi connectivity index (χ1) is 36.3. The number of fused-ring (bicyclic) bond motifs is 6. The van der Waals surface area contributed by atoms with Crippen molar-refractivity contribution in [3.05, 3.63) is 60.8 Å². The summed E-state index contributed by atoms with van der Waals surface area (Å²) in [5.74, 6) is 4.21. The summed E-state index contributed by atoms with van der Waals surface area (Å²) in [4.78, 5) is 68.5. The highest BCUT2D eigenvalue weighted by Gasteiger charge is 2.62. The molecule has 14 nitrogen and oxygen atoms in total. The van der Waals surface area contributed by atoms with Gasteiger partial charge in [-0.15, -0.1) is 0 Å². The molecule has 12 unspecified atom stereocenters. The van der Waals surface area contributed by atoms with Crippen LogP contribution in [0.4, 0.5) is 0 Å². The van der Waals surface area contributed by atoms with Crippen molar-refractivity contribution in [3.63, 3.8) is 0 Å². The lowest BCUT2D eigenvalue weighted by atomic mass is 9.53. The van der Waals surface area contributed by atoms with Crippen LogP contribution in [0, 0.1) is 59.2 Å². The molecule has 0 amide bonds. The maximum atomic E-state index is 11.6. The Balaban J connectivity index is 0.000000141. The average molecular weight is 1070 g/mol. The molecule has 0 radical (unpaired) electrons. The van der Waals surface area contributed by atoms with Gasteiger partial charge in [-0.1, -0.05) is 46.2 Å². The van der Waals surface area contributed by atoms with E-state index in [9.17, 15) is 33.9 Å². The van der Waals surface area contributed by atoms with Crippen molar-refractivity contribution in [3.8, 4) is 0 Å². The molecule has 428 valence electrons. The summed E-state index contributed by atoms with van der Waals surface area (Å²) in [5.41, 5.74) is 1.54. The Labute approximate surface area is 458 Å². The summed E-state index contributed by atoms with van der Waals surface area (Å²) >= 11 is 0. The van der Waals surface area contributed by atoms with Gasteiger partial charge in [0.05, 0.1) is 24.2 Å². The molecule has 12 rings (SSSR count). The van der Waals surface area contributed by atoms with Gasteiger partial charge >= 0.3 is 35.8 Å². The van der Waals surface area contributed by atoms with Gasteiger partial charge in [0.15, 0.2) is 0 Å². The zero-order valence-electron chi connectivity index (χ0n) is 47.6. The van der Waals surface area contributed by atoms with Gasteiger partial charge in [-0.3, -0.25) is 4.79 Å². The fourth-order valence-electron chi connectivity index (χ4n) is 15.7. The third kappa shape index (κ3) is 14.4. The van der Waals surface area contributed by atoms with Crippen molar-refractivity contribution >= 4 is 35.8 Å². The van der Waals surface area contributed by atoms with Crippen LogP contribution >= 0.6 is 0 Å². The second kappa shape index (κ2) is 25.3. The number of esters is 6. The lowest BCUT2D eigenvalue weighted by Gasteiger charge is -2.57. The van der Waals surface area contributed by atoms with E-state index in [1.54, 1.807) is 34.6 Å². The molecule has 12 fully saturated rings. The minimum absolute atomic E-state index is 0.0174. The van der Waals surface area contributed by atoms with Crippen molar-refractivity contribution < 1.29 is 67.0 Å². The Morgan fingerprint density at radius 1 is 0.571 bits per heavy atom. The predicted octanol–water partition coefficient (Wildman–Crippen LogP) is 11.3. The molecule has 11 saturated carbocycles. The highest BCUT2D eigenvalue weighted by molar-refractivity contribution is 5.89. The molecule has 1 N–H and O–H groups in total. The van der Waals surface area contributed by atoms with Gasteiger partial charge in [-0.25, -0.2) is 24.0 Å². The quantitative estimate of drug-likeness (QED) is 0.0749. The Bertz CT molecular complexity index is 2250. The largest absolute Gasteiger partial charge is 0.460 e. The van der Waals surface area contributed by atoms with Crippen LogP contribution in [0.1, 0.15) is 183 Å². The molecule has 1 heterocycles. The molecule has 0 spiro atoms. The van der Waals surface area contributed by atoms with E-state index in [-0.39, 0.29) is 78.0 Å². The molecule has 0 aromatic heterocycles. The van der Waals surface area contributed by atoms with E-state index in [2.05, 4.69) is 39.8 Å². The van der Waals surface area contributed by atoms with Crippen molar-refractivity contribution in [2.75, 3.05) is 13.2 Å². The SMILES string of the molecule is C=C(C)C(=O)OC1(C)CCCC1.C=C(C)C(=O)OC1(CC)CCCC1.C=C(C)C(=O)OC1C2CC3CC1CC(O)(C3)C2.C=C(C)C(=O)OC1CC2CC1C1CCCC21.C=C(C)C(=O)OCCOC1C2CC3C(=O)OC1C3C2. The lowest BCUT2D eigenvalue weighted by molar-refractivity contribution is -0.195. The Morgan fingerprint density at radius 2 is 1.12 bits per heavy atom. The Kier molecular flexibility index (Phi) is 19.7. The summed E-state index contributed by atoms with van der Waals surface area (Å²) in [5, 5.41) is 10.4. The number of carbonyl (C=O) groups is 6. The normalized spacial score (nSPS) is 35.6. The van der Waals surface area contributed by atoms with E-state index < -0.39 is 11.6 Å². The zero-order valence-corrected chi connectivity index (χ0v) is 47.6. The average Bonchev–Trinajstić information content (AvgIpc) is 4.25. The first-order valence-corrected chi connectivity index (χ1v) is 29.2. The minimum Gasteiger partial charge on any atom is -0.460 e. The maximum Gasteiger partial charge on any atom is 0.333 e. The second-order valence-corrected chi connectivity index (χ2v) is 25.6. The third-order valence-electron chi connectivity index (χ3n) is 19.3. The minimum atomic E-state index is -0.456. The van der Waals surface area contributed by atoms with Crippen LogP contribution in [-0.4, -0.2) is 95.4 Å². The molecule has 14 heteroatoms. The maximum absolute atomic E-state index is 11.6. The molecule has 1 saturated heterocycles. The van der Waals surface area contributed by atoms with Crippen LogP contribution in [0.2, 0.25) is 0 Å². The van der Waals surface area contributed by atoms with Crippen LogP contribution < -0.4 is 0 Å². The highest BCUT2D eigenvalue weighted by Crippen LogP contribution is 2.60. The molecule has 1 aliphatic heterocycles. The van der Waals surface area contributed by atoms with Crippen molar-refractivity contribution in [1.82, 2.24) is 0 Å². The smallest absolute Gasteiger partial charge is 0.333 e. The van der Waals surface area contributed by atoms with Gasteiger partial charge in [-0.05, 0) is 217 Å². The monoisotopic (exact) mass is 1070 g/mol. The third-order valence-corrected chi connectivity index (χ3v) is 19.3. The van der Waals surface area contributed by atoms with E-state index in [0.29, 0.717) is 70.0 Å². The van der Waals surface area contributed by atoms with Gasteiger partial charge in [0.2, 0.25) is 0 Å². The topological polar surface area (TPSA) is 187 Å². The Hall–Kier alpha value is -4.56. The van der Waals surface area contributed by atoms with Gasteiger partial charge in [-0.2, -0.15) is 0 Å². The van der Waals surface area contributed by atoms with Crippen LogP contribution in [0.5, 0.6) is 0 Å². The lowest BCUT2D eigenvalue weighted by Crippen LogP contribution is -2.57. The van der Waals surface area contributed by atoms with Crippen LogP contribution in [0.25, 0.3) is 0 Å². The molecule has 11 aliphatic carbocycles. The molecule has 8 bridgehead atoms. The molecule has 0 aromatic carbocycles. The summed E-state index contributed by atoms with van der Waals surface area (Å²) < 4.78 is 38.1. The van der Waals surface area contributed by atoms with Gasteiger partial charge < -0.3 is 38.3 Å². The number of ether oxygens (including phenoxy) is 7. The molecule has 77 heavy (non-hydrogen) atoms. The highest BCUT2D eigenvalue weighted by atomic mass is 16.6. The van der Waals surface area contributed by atoms with Crippen molar-refractivity contribution in [2.45, 2.75) is 225 Å². The van der Waals surface area contributed by atoms with E-state index in [1.807, 2.05) is 6.92 Å². The van der Waals surface area contributed by atoms with Crippen molar-refractivity contribution in [2.24, 2.45) is 59.2 Å². The van der Waals surface area contributed by atoms with Gasteiger partial charge in [0, 0.05) is 33.8 Å². The molecular formula is C63H92O14. The zero-order chi connectivity index (χ0) is 56.1. The fraction of sp³-hybridized carbons (Fsp3) is 0.746. The summed E-state index contributed by atoms with van der Waals surface area (Å²) in [6, 6.07) is 0. The first kappa shape index (κ1) is 60.1. The standard InChI is InChI=1S/C14H18O5.C14H20O3.C14H20O2.C11H18O2.C10H16O2/c1-7(2)13(15)18-4-3-17-11-8-5-9-10(6-8)14(16)19-12(9)11;1-8(2)13(15)17-12-10-3-9-4-11(12)7-14(16,5-9)6-10;1-8(2)14(15)16-13-7-9-6-12(13)11-5-3-4-10(9)11;1-4-11(7-5-6-8-11)13-10(12)9(2)3;1-8(2)9(11)12-10(3)6-4-5-7-10/h8-12H,1,3-6H2,2H3;9-12,16H,1,3-7H2,2H3;9-13H,1,3-7H2,2H3;2,4-8H2,1,3H3;1,4-7H2,2-3H3. The van der Waals surface area contributed by atoms with Crippen LogP contribution in [0.15, 0.2) is 60.8 Å². The van der Waals surface area contributed by atoms with Crippen LogP contribution in [-0.2, 0) is 61.9 Å². The first-order valence-electron chi connectivity index (χ1n) is 29.2. The van der Waals surface area contributed by atoms with Gasteiger partial charge in [0.1, 0.15) is 36.1 Å². The summed E-state index contributed by atoms with van der Waals surface area (Å²) in [7, 11) is 0. The molecule has 12 aliphatic rings.